The van der Waals surface area contributed by atoms with Crippen LogP contribution in [0.15, 0.2) is 18.2 Å². The topological polar surface area (TPSA) is 74.2 Å². The van der Waals surface area contributed by atoms with Crippen LogP contribution >= 0.6 is 0 Å². The standard InChI is InChI=1S/C14H15N3O2/c15-8-14(4-1-5-14)9-16-10-2-3-12-11(6-10)17-13(18)7-19-12/h2-3,6,16H,1,4-5,7,9H2,(H,17,18). The first kappa shape index (κ1) is 11.8. The Morgan fingerprint density at radius 3 is 3.00 bits per heavy atom. The van der Waals surface area contributed by atoms with Gasteiger partial charge in [-0.3, -0.25) is 4.79 Å². The number of nitriles is 1. The first-order chi connectivity index (χ1) is 9.21. The van der Waals surface area contributed by atoms with Gasteiger partial charge in [0.05, 0.1) is 17.2 Å². The molecule has 19 heavy (non-hydrogen) atoms. The second-order valence-corrected chi connectivity index (χ2v) is 5.15. The number of hydrogen-bond acceptors (Lipinski definition) is 4. The monoisotopic (exact) mass is 257 g/mol. The zero-order valence-corrected chi connectivity index (χ0v) is 10.5. The number of hydrogen-bond donors (Lipinski definition) is 2. The highest BCUT2D eigenvalue weighted by molar-refractivity contribution is 5.96. The van der Waals surface area contributed by atoms with Gasteiger partial charge in [0, 0.05) is 12.2 Å². The number of fused-ring (bicyclic) bond motifs is 1. The van der Waals surface area contributed by atoms with Crippen molar-refractivity contribution in [3.05, 3.63) is 18.2 Å². The molecule has 2 aliphatic rings. The summed E-state index contributed by atoms with van der Waals surface area (Å²) in [6.07, 6.45) is 3.05. The molecule has 3 rings (SSSR count). The van der Waals surface area contributed by atoms with E-state index in [4.69, 9.17) is 4.74 Å². The lowest BCUT2D eigenvalue weighted by atomic mass is 9.70. The Hall–Kier alpha value is -2.22. The third kappa shape index (κ3) is 2.22. The van der Waals surface area contributed by atoms with Crippen LogP contribution in [-0.4, -0.2) is 19.1 Å². The van der Waals surface area contributed by atoms with Crippen molar-refractivity contribution in [2.45, 2.75) is 19.3 Å². The normalized spacial score (nSPS) is 19.2. The largest absolute Gasteiger partial charge is 0.482 e. The summed E-state index contributed by atoms with van der Waals surface area (Å²) >= 11 is 0. The van der Waals surface area contributed by atoms with Gasteiger partial charge in [-0.15, -0.1) is 0 Å². The first-order valence-corrected chi connectivity index (χ1v) is 6.43. The summed E-state index contributed by atoms with van der Waals surface area (Å²) in [6.45, 7) is 0.717. The molecule has 5 heteroatoms. The maximum Gasteiger partial charge on any atom is 0.262 e. The third-order valence-electron chi connectivity index (χ3n) is 3.79. The van der Waals surface area contributed by atoms with Crippen molar-refractivity contribution in [3.8, 4) is 11.8 Å². The second-order valence-electron chi connectivity index (χ2n) is 5.15. The van der Waals surface area contributed by atoms with E-state index < -0.39 is 0 Å². The van der Waals surface area contributed by atoms with Crippen molar-refractivity contribution in [1.29, 1.82) is 5.26 Å². The van der Waals surface area contributed by atoms with Crippen molar-refractivity contribution in [3.63, 3.8) is 0 Å². The van der Waals surface area contributed by atoms with Crippen molar-refractivity contribution in [2.24, 2.45) is 5.41 Å². The van der Waals surface area contributed by atoms with Crippen LogP contribution in [0, 0.1) is 16.7 Å². The lowest BCUT2D eigenvalue weighted by Crippen LogP contribution is -2.35. The second kappa shape index (κ2) is 4.47. The Labute approximate surface area is 111 Å². The van der Waals surface area contributed by atoms with Crippen LogP contribution in [0.1, 0.15) is 19.3 Å². The molecule has 0 unspecified atom stereocenters. The summed E-state index contributed by atoms with van der Waals surface area (Å²) in [6, 6.07) is 7.97. The fraction of sp³-hybridized carbons (Fsp3) is 0.429. The van der Waals surface area contributed by atoms with Gasteiger partial charge in [0.15, 0.2) is 6.61 Å². The molecule has 0 atom stereocenters. The predicted molar refractivity (Wildman–Crippen MR) is 71.0 cm³/mol. The molecule has 98 valence electrons. The van der Waals surface area contributed by atoms with Crippen LogP contribution in [-0.2, 0) is 4.79 Å². The molecule has 1 aromatic carbocycles. The molecule has 1 fully saturated rings. The van der Waals surface area contributed by atoms with Crippen LogP contribution in [0.3, 0.4) is 0 Å². The van der Waals surface area contributed by atoms with Crippen LogP contribution in [0.4, 0.5) is 11.4 Å². The van der Waals surface area contributed by atoms with E-state index in [9.17, 15) is 10.1 Å². The molecule has 1 aromatic rings. The first-order valence-electron chi connectivity index (χ1n) is 6.43. The summed E-state index contributed by atoms with van der Waals surface area (Å²) < 4.78 is 5.30. The number of amides is 1. The van der Waals surface area contributed by atoms with Crippen molar-refractivity contribution >= 4 is 17.3 Å². The van der Waals surface area contributed by atoms with Crippen molar-refractivity contribution in [2.75, 3.05) is 23.8 Å². The van der Waals surface area contributed by atoms with E-state index in [1.165, 1.54) is 0 Å². The van der Waals surface area contributed by atoms with E-state index >= 15 is 0 Å². The number of carbonyl (C=O) groups is 1. The molecule has 2 N–H and O–H groups in total. The maximum absolute atomic E-state index is 11.3. The van der Waals surface area contributed by atoms with Crippen molar-refractivity contribution in [1.82, 2.24) is 0 Å². The summed E-state index contributed by atoms with van der Waals surface area (Å²) in [5.74, 6) is 0.543. The molecule has 1 aliphatic carbocycles. The average molecular weight is 257 g/mol. The van der Waals surface area contributed by atoms with E-state index in [1.54, 1.807) is 0 Å². The average Bonchev–Trinajstić information content (AvgIpc) is 2.37. The highest BCUT2D eigenvalue weighted by Crippen LogP contribution is 2.40. The van der Waals surface area contributed by atoms with Gasteiger partial charge >= 0.3 is 0 Å². The Balaban J connectivity index is 1.71. The maximum atomic E-state index is 11.3. The smallest absolute Gasteiger partial charge is 0.262 e. The van der Waals surface area contributed by atoms with E-state index in [0.717, 1.165) is 24.9 Å². The van der Waals surface area contributed by atoms with Gasteiger partial charge in [0.2, 0.25) is 0 Å². The van der Waals surface area contributed by atoms with Crippen LogP contribution in [0.2, 0.25) is 0 Å². The third-order valence-corrected chi connectivity index (χ3v) is 3.79. The zero-order valence-electron chi connectivity index (χ0n) is 10.5. The van der Waals surface area contributed by atoms with Gasteiger partial charge in [-0.1, -0.05) is 6.42 Å². The van der Waals surface area contributed by atoms with Gasteiger partial charge in [0.25, 0.3) is 5.91 Å². The van der Waals surface area contributed by atoms with Crippen LogP contribution in [0.5, 0.6) is 5.75 Å². The molecule has 0 radical (unpaired) electrons. The number of carbonyl (C=O) groups excluding carboxylic acids is 1. The van der Waals surface area contributed by atoms with E-state index in [0.29, 0.717) is 18.0 Å². The Morgan fingerprint density at radius 1 is 1.47 bits per heavy atom. The minimum atomic E-state index is -0.213. The molecule has 0 spiro atoms. The molecule has 0 saturated heterocycles. The fourth-order valence-electron chi connectivity index (χ4n) is 2.40. The zero-order chi connectivity index (χ0) is 13.3. The van der Waals surface area contributed by atoms with Gasteiger partial charge in [-0.25, -0.2) is 0 Å². The number of rotatable bonds is 3. The summed E-state index contributed by atoms with van der Waals surface area (Å²) in [5, 5.41) is 15.2. The lowest BCUT2D eigenvalue weighted by molar-refractivity contribution is -0.118. The molecule has 1 amide bonds. The minimum absolute atomic E-state index is 0.0668. The molecule has 5 nitrogen and oxygen atoms in total. The summed E-state index contributed by atoms with van der Waals surface area (Å²) in [4.78, 5) is 11.3. The molecule has 1 heterocycles. The van der Waals surface area contributed by atoms with Gasteiger partial charge < -0.3 is 15.4 Å². The number of nitrogens with zero attached hydrogens (tertiary/aromatic N) is 1. The molecule has 1 aliphatic heterocycles. The molecule has 0 bridgehead atoms. The predicted octanol–water partition coefficient (Wildman–Crippen LogP) is 2.12. The minimum Gasteiger partial charge on any atom is -0.482 e. The SMILES string of the molecule is N#CC1(CNc2ccc3c(c2)NC(=O)CO3)CCC1. The summed E-state index contributed by atoms with van der Waals surface area (Å²) in [5.41, 5.74) is 1.36. The Morgan fingerprint density at radius 2 is 2.32 bits per heavy atom. The van der Waals surface area contributed by atoms with Gasteiger partial charge in [0.1, 0.15) is 5.75 Å². The number of ether oxygens (including phenoxy) is 1. The van der Waals surface area contributed by atoms with Gasteiger partial charge in [-0.2, -0.15) is 5.26 Å². The van der Waals surface area contributed by atoms with E-state index in [-0.39, 0.29) is 17.9 Å². The van der Waals surface area contributed by atoms with E-state index in [1.807, 2.05) is 18.2 Å². The highest BCUT2D eigenvalue weighted by atomic mass is 16.5. The molecular weight excluding hydrogens is 242 g/mol. The van der Waals surface area contributed by atoms with Gasteiger partial charge in [-0.05, 0) is 31.0 Å². The molecular formula is C14H15N3O2. The fourth-order valence-corrected chi connectivity index (χ4v) is 2.40. The number of benzene rings is 1. The van der Waals surface area contributed by atoms with E-state index in [2.05, 4.69) is 16.7 Å². The van der Waals surface area contributed by atoms with Crippen molar-refractivity contribution < 1.29 is 9.53 Å². The molecule has 0 aromatic heterocycles. The Kier molecular flexibility index (Phi) is 2.79. The lowest BCUT2D eigenvalue weighted by Gasteiger charge is -2.35. The van der Waals surface area contributed by atoms with Crippen LogP contribution in [0.25, 0.3) is 0 Å². The molecule has 1 saturated carbocycles. The summed E-state index contributed by atoms with van der Waals surface area (Å²) in [7, 11) is 0. The number of anilines is 2. The highest BCUT2D eigenvalue weighted by Gasteiger charge is 2.36. The number of nitrogens with one attached hydrogen (secondary N) is 2. The quantitative estimate of drug-likeness (QED) is 0.869. The Bertz CT molecular complexity index is 558. The van der Waals surface area contributed by atoms with Crippen LogP contribution < -0.4 is 15.4 Å².